The van der Waals surface area contributed by atoms with Crippen LogP contribution in [0.2, 0.25) is 0 Å². The first kappa shape index (κ1) is 20.1. The van der Waals surface area contributed by atoms with Gasteiger partial charge in [-0.2, -0.15) is 0 Å². The number of aryl methyl sites for hydroxylation is 1. The van der Waals surface area contributed by atoms with Crippen molar-refractivity contribution >= 4 is 5.70 Å². The van der Waals surface area contributed by atoms with Gasteiger partial charge in [0, 0.05) is 43.0 Å². The third-order valence-corrected chi connectivity index (χ3v) is 5.62. The van der Waals surface area contributed by atoms with Crippen molar-refractivity contribution in [3.63, 3.8) is 0 Å². The molecular formula is C25H24N6O. The summed E-state index contributed by atoms with van der Waals surface area (Å²) in [6.07, 6.45) is 1.77. The molecule has 0 atom stereocenters. The molecule has 2 aromatic heterocycles. The molecule has 7 nitrogen and oxygen atoms in total. The minimum absolute atomic E-state index is 0.361. The molecule has 0 saturated carbocycles. The maximum Gasteiger partial charge on any atom is 0.268 e. The third kappa shape index (κ3) is 4.02. The molecule has 0 unspecified atom stereocenters. The average molecular weight is 425 g/mol. The number of nitrogens with zero attached hydrogens (tertiary/aromatic N) is 5. The largest absolute Gasteiger partial charge is 0.415 e. The van der Waals surface area contributed by atoms with Gasteiger partial charge in [-0.05, 0) is 24.6 Å². The minimum atomic E-state index is 0.361. The molecular weight excluding hydrogens is 400 g/mol. The Kier molecular flexibility index (Phi) is 5.47. The smallest absolute Gasteiger partial charge is 0.268 e. The maximum atomic E-state index is 5.90. The number of hydrogen-bond acceptors (Lipinski definition) is 7. The van der Waals surface area contributed by atoms with Crippen LogP contribution >= 0.6 is 0 Å². The van der Waals surface area contributed by atoms with Crippen LogP contribution in [0.4, 0.5) is 0 Å². The van der Waals surface area contributed by atoms with Crippen molar-refractivity contribution < 1.29 is 4.42 Å². The van der Waals surface area contributed by atoms with Gasteiger partial charge in [-0.1, -0.05) is 49.0 Å². The number of nitrogens with one attached hydrogen (secondary N) is 1. The van der Waals surface area contributed by atoms with Gasteiger partial charge in [0.2, 0.25) is 5.89 Å². The monoisotopic (exact) mass is 424 g/mol. The van der Waals surface area contributed by atoms with E-state index in [0.717, 1.165) is 60.0 Å². The fourth-order valence-electron chi connectivity index (χ4n) is 3.76. The van der Waals surface area contributed by atoms with Crippen molar-refractivity contribution in [3.05, 3.63) is 78.6 Å². The summed E-state index contributed by atoms with van der Waals surface area (Å²) in [5, 5.41) is 11.8. The van der Waals surface area contributed by atoms with Crippen LogP contribution in [0.5, 0.6) is 0 Å². The van der Waals surface area contributed by atoms with Crippen LogP contribution in [0.25, 0.3) is 40.0 Å². The normalized spacial score (nSPS) is 13.8. The van der Waals surface area contributed by atoms with Gasteiger partial charge >= 0.3 is 0 Å². The molecule has 1 N–H and O–H groups in total. The number of hydrogen-bond donors (Lipinski definition) is 1. The van der Waals surface area contributed by atoms with Crippen LogP contribution in [-0.4, -0.2) is 51.2 Å². The highest BCUT2D eigenvalue weighted by Gasteiger charge is 2.17. The zero-order chi connectivity index (χ0) is 21.9. The molecule has 7 heteroatoms. The summed E-state index contributed by atoms with van der Waals surface area (Å²) in [7, 11) is 0. The molecule has 1 aliphatic rings. The van der Waals surface area contributed by atoms with Gasteiger partial charge in [0.05, 0.1) is 17.6 Å². The molecule has 1 saturated heterocycles. The van der Waals surface area contributed by atoms with Gasteiger partial charge in [0.15, 0.2) is 0 Å². The lowest BCUT2D eigenvalue weighted by atomic mass is 10.1. The molecule has 0 amide bonds. The molecule has 32 heavy (non-hydrogen) atoms. The minimum Gasteiger partial charge on any atom is -0.415 e. The second kappa shape index (κ2) is 8.72. The predicted octanol–water partition coefficient (Wildman–Crippen LogP) is 4.04. The van der Waals surface area contributed by atoms with Gasteiger partial charge in [0.1, 0.15) is 5.69 Å². The zero-order valence-electron chi connectivity index (χ0n) is 18.0. The van der Waals surface area contributed by atoms with Gasteiger partial charge in [-0.15, -0.1) is 10.2 Å². The Bertz CT molecular complexity index is 1230. The first-order valence-corrected chi connectivity index (χ1v) is 10.7. The van der Waals surface area contributed by atoms with Crippen LogP contribution in [-0.2, 0) is 0 Å². The fraction of sp³-hybridized carbons (Fsp3) is 0.200. The molecule has 0 spiro atoms. The molecule has 1 aliphatic heterocycles. The first-order chi connectivity index (χ1) is 15.7. The van der Waals surface area contributed by atoms with E-state index < -0.39 is 0 Å². The lowest BCUT2D eigenvalue weighted by Crippen LogP contribution is -2.42. The molecule has 0 aliphatic carbocycles. The summed E-state index contributed by atoms with van der Waals surface area (Å²) in [6, 6.07) is 18.0. The third-order valence-electron chi connectivity index (χ3n) is 5.62. The van der Waals surface area contributed by atoms with Crippen LogP contribution in [0, 0.1) is 6.92 Å². The fourth-order valence-corrected chi connectivity index (χ4v) is 3.76. The second-order valence-electron chi connectivity index (χ2n) is 7.73. The number of aromatic nitrogens is 4. The highest BCUT2D eigenvalue weighted by Crippen LogP contribution is 2.27. The van der Waals surface area contributed by atoms with E-state index in [4.69, 9.17) is 9.40 Å². The first-order valence-electron chi connectivity index (χ1n) is 10.7. The van der Waals surface area contributed by atoms with Crippen molar-refractivity contribution in [2.24, 2.45) is 0 Å². The number of piperazine rings is 1. The number of benzene rings is 2. The SMILES string of the molecule is C=C(c1ccc(-c2cnc(C)c(-c3nnc(-c4ccccc4)o3)n2)cc1)N1CCNCC1. The standard InChI is InChI=1S/C25H24N6O/c1-17-23(25-30-29-24(32-25)21-6-4-3-5-7-21)28-22(16-27-17)20-10-8-19(9-11-20)18(2)31-14-12-26-13-15-31/h3-11,16,26H,2,12-15H2,1H3. The quantitative estimate of drug-likeness (QED) is 0.518. The van der Waals surface area contributed by atoms with E-state index in [2.05, 4.69) is 56.2 Å². The summed E-state index contributed by atoms with van der Waals surface area (Å²) in [6.45, 7) is 10.1. The van der Waals surface area contributed by atoms with Gasteiger partial charge in [-0.3, -0.25) is 4.98 Å². The molecule has 1 fully saturated rings. The Balaban J connectivity index is 1.40. The van der Waals surface area contributed by atoms with Crippen molar-refractivity contribution in [3.8, 4) is 34.3 Å². The molecule has 0 radical (unpaired) electrons. The van der Waals surface area contributed by atoms with Gasteiger partial charge in [-0.25, -0.2) is 4.98 Å². The molecule has 160 valence electrons. The van der Waals surface area contributed by atoms with Crippen LogP contribution in [0.15, 0.2) is 71.8 Å². The molecule has 5 rings (SSSR count). The van der Waals surface area contributed by atoms with Crippen LogP contribution in [0.1, 0.15) is 11.3 Å². The van der Waals surface area contributed by atoms with Crippen molar-refractivity contribution in [2.75, 3.05) is 26.2 Å². The topological polar surface area (TPSA) is 80.0 Å². The average Bonchev–Trinajstić information content (AvgIpc) is 3.35. The van der Waals surface area contributed by atoms with Gasteiger partial charge < -0.3 is 14.6 Å². The predicted molar refractivity (Wildman–Crippen MR) is 124 cm³/mol. The maximum absolute atomic E-state index is 5.90. The van der Waals surface area contributed by atoms with Crippen LogP contribution < -0.4 is 5.32 Å². The number of rotatable bonds is 5. The van der Waals surface area contributed by atoms with E-state index in [1.807, 2.05) is 37.3 Å². The van der Waals surface area contributed by atoms with E-state index in [-0.39, 0.29) is 0 Å². The second-order valence-corrected chi connectivity index (χ2v) is 7.73. The Hall–Kier alpha value is -3.84. The summed E-state index contributed by atoms with van der Waals surface area (Å²) in [4.78, 5) is 11.6. The highest BCUT2D eigenvalue weighted by molar-refractivity contribution is 5.68. The summed E-state index contributed by atoms with van der Waals surface area (Å²) in [5.41, 5.74) is 6.08. The molecule has 3 heterocycles. The summed E-state index contributed by atoms with van der Waals surface area (Å²) in [5.74, 6) is 0.822. The van der Waals surface area contributed by atoms with Crippen molar-refractivity contribution in [2.45, 2.75) is 6.92 Å². The van der Waals surface area contributed by atoms with Crippen molar-refractivity contribution in [1.29, 1.82) is 0 Å². The Morgan fingerprint density at radius 3 is 2.41 bits per heavy atom. The van der Waals surface area contributed by atoms with Crippen LogP contribution in [0.3, 0.4) is 0 Å². The lowest BCUT2D eigenvalue weighted by Gasteiger charge is -2.31. The highest BCUT2D eigenvalue weighted by atomic mass is 16.4. The lowest BCUT2D eigenvalue weighted by molar-refractivity contribution is 0.341. The summed E-state index contributed by atoms with van der Waals surface area (Å²) < 4.78 is 5.90. The Morgan fingerprint density at radius 2 is 1.66 bits per heavy atom. The Labute approximate surface area is 186 Å². The molecule has 2 aromatic carbocycles. The van der Waals surface area contributed by atoms with E-state index in [1.165, 1.54) is 0 Å². The van der Waals surface area contributed by atoms with Crippen molar-refractivity contribution in [1.82, 2.24) is 30.4 Å². The molecule has 0 bridgehead atoms. The van der Waals surface area contributed by atoms with Gasteiger partial charge in [0.25, 0.3) is 5.89 Å². The van der Waals surface area contributed by atoms with E-state index >= 15 is 0 Å². The van der Waals surface area contributed by atoms with E-state index in [0.29, 0.717) is 17.5 Å². The van der Waals surface area contributed by atoms with E-state index in [1.54, 1.807) is 6.20 Å². The summed E-state index contributed by atoms with van der Waals surface area (Å²) >= 11 is 0. The zero-order valence-corrected chi connectivity index (χ0v) is 18.0. The Morgan fingerprint density at radius 1 is 0.938 bits per heavy atom. The van der Waals surface area contributed by atoms with E-state index in [9.17, 15) is 0 Å². The molecule has 4 aromatic rings.